The summed E-state index contributed by atoms with van der Waals surface area (Å²) in [5.74, 6) is -1.37. The van der Waals surface area contributed by atoms with E-state index in [1.807, 2.05) is 0 Å². The van der Waals surface area contributed by atoms with E-state index in [2.05, 4.69) is 21.2 Å². The third-order valence-electron chi connectivity index (χ3n) is 2.52. The normalized spacial score (nSPS) is 12.6. The van der Waals surface area contributed by atoms with Gasteiger partial charge in [0.1, 0.15) is 17.4 Å². The standard InChI is InChI=1S/C14H17BrClNO5/c1-14(2,3)22-13(21)17-10(12(19)20)5-7-4-8(16)6-9(15)11(7)18/h4,6,10,18H,5H2,1-3H3,(H,17,21)(H,19,20). The van der Waals surface area contributed by atoms with E-state index in [0.717, 1.165) is 0 Å². The molecule has 0 radical (unpaired) electrons. The van der Waals surface area contributed by atoms with Crippen molar-refractivity contribution >= 4 is 39.6 Å². The Kier molecular flexibility index (Phi) is 6.08. The van der Waals surface area contributed by atoms with E-state index >= 15 is 0 Å². The molecule has 1 unspecified atom stereocenters. The summed E-state index contributed by atoms with van der Waals surface area (Å²) in [6.45, 7) is 5.01. The lowest BCUT2D eigenvalue weighted by molar-refractivity contribution is -0.139. The molecule has 0 spiro atoms. The zero-order valence-electron chi connectivity index (χ0n) is 12.3. The summed E-state index contributed by atoms with van der Waals surface area (Å²) in [4.78, 5) is 23.0. The highest BCUT2D eigenvalue weighted by atomic mass is 79.9. The first-order valence-corrected chi connectivity index (χ1v) is 7.56. The quantitative estimate of drug-likeness (QED) is 0.728. The van der Waals surface area contributed by atoms with Crippen molar-refractivity contribution in [2.24, 2.45) is 0 Å². The molecule has 8 heteroatoms. The van der Waals surface area contributed by atoms with Crippen LogP contribution in [-0.4, -0.2) is 33.9 Å². The van der Waals surface area contributed by atoms with Crippen molar-refractivity contribution in [3.8, 4) is 5.75 Å². The van der Waals surface area contributed by atoms with E-state index < -0.39 is 23.7 Å². The number of carboxylic acids is 1. The average molecular weight is 395 g/mol. The van der Waals surface area contributed by atoms with Crippen LogP contribution in [0.2, 0.25) is 5.02 Å². The van der Waals surface area contributed by atoms with Crippen LogP contribution in [-0.2, 0) is 16.0 Å². The maximum atomic E-state index is 11.7. The number of carbonyl (C=O) groups excluding carboxylic acids is 1. The van der Waals surface area contributed by atoms with E-state index in [1.54, 1.807) is 20.8 Å². The Morgan fingerprint density at radius 2 is 2.00 bits per heavy atom. The maximum absolute atomic E-state index is 11.7. The summed E-state index contributed by atoms with van der Waals surface area (Å²) in [5.41, 5.74) is -0.447. The molecule has 1 rings (SSSR count). The van der Waals surface area contributed by atoms with E-state index in [4.69, 9.17) is 16.3 Å². The van der Waals surface area contributed by atoms with Gasteiger partial charge in [0.25, 0.3) is 0 Å². The summed E-state index contributed by atoms with van der Waals surface area (Å²) in [6.07, 6.45) is -0.986. The van der Waals surface area contributed by atoms with Crippen LogP contribution in [0.5, 0.6) is 5.75 Å². The number of ether oxygens (including phenoxy) is 1. The molecule has 0 aliphatic carbocycles. The van der Waals surface area contributed by atoms with Gasteiger partial charge < -0.3 is 20.3 Å². The molecule has 0 heterocycles. The predicted molar refractivity (Wildman–Crippen MR) is 85.3 cm³/mol. The Labute approximate surface area is 141 Å². The van der Waals surface area contributed by atoms with Crippen molar-refractivity contribution in [2.45, 2.75) is 38.8 Å². The lowest BCUT2D eigenvalue weighted by Crippen LogP contribution is -2.44. The molecule has 22 heavy (non-hydrogen) atoms. The molecule has 1 aromatic rings. The largest absolute Gasteiger partial charge is 0.506 e. The Bertz CT molecular complexity index is 585. The van der Waals surface area contributed by atoms with Gasteiger partial charge in [-0.2, -0.15) is 0 Å². The van der Waals surface area contributed by atoms with Crippen LogP contribution in [0, 0.1) is 0 Å². The van der Waals surface area contributed by atoms with Gasteiger partial charge in [0, 0.05) is 11.4 Å². The number of halogens is 2. The second-order valence-corrected chi connectivity index (χ2v) is 6.93. The zero-order valence-corrected chi connectivity index (χ0v) is 14.7. The predicted octanol–water partition coefficient (Wildman–Crippen LogP) is 3.33. The summed E-state index contributed by atoms with van der Waals surface area (Å²) in [7, 11) is 0. The number of phenols is 1. The highest BCUT2D eigenvalue weighted by molar-refractivity contribution is 9.10. The fourth-order valence-corrected chi connectivity index (χ4v) is 2.52. The highest BCUT2D eigenvalue weighted by Gasteiger charge is 2.25. The van der Waals surface area contributed by atoms with Crippen molar-refractivity contribution in [1.82, 2.24) is 5.32 Å². The van der Waals surface area contributed by atoms with Crippen LogP contribution in [0.4, 0.5) is 4.79 Å². The minimum atomic E-state index is -1.26. The molecule has 0 aliphatic heterocycles. The molecule has 0 bridgehead atoms. The molecule has 0 aromatic heterocycles. The topological polar surface area (TPSA) is 95.9 Å². The Hall–Kier alpha value is -1.47. The second kappa shape index (κ2) is 7.19. The third-order valence-corrected chi connectivity index (χ3v) is 3.34. The number of rotatable bonds is 4. The van der Waals surface area contributed by atoms with E-state index in [9.17, 15) is 19.8 Å². The number of hydrogen-bond donors (Lipinski definition) is 3. The minimum absolute atomic E-state index is 0.123. The Morgan fingerprint density at radius 3 is 2.50 bits per heavy atom. The van der Waals surface area contributed by atoms with E-state index in [1.165, 1.54) is 12.1 Å². The fourth-order valence-electron chi connectivity index (χ4n) is 1.64. The molecular weight excluding hydrogens is 378 g/mol. The fraction of sp³-hybridized carbons (Fsp3) is 0.429. The van der Waals surface area contributed by atoms with Gasteiger partial charge in [-0.1, -0.05) is 11.6 Å². The number of benzene rings is 1. The van der Waals surface area contributed by atoms with E-state index in [0.29, 0.717) is 15.1 Å². The van der Waals surface area contributed by atoms with Gasteiger partial charge in [0.15, 0.2) is 0 Å². The number of carboxylic acid groups (broad SMARTS) is 1. The van der Waals surface area contributed by atoms with Gasteiger partial charge in [-0.05, 0) is 54.4 Å². The summed E-state index contributed by atoms with van der Waals surface area (Å²) in [5, 5.41) is 21.7. The summed E-state index contributed by atoms with van der Waals surface area (Å²) < 4.78 is 5.37. The number of aromatic hydroxyl groups is 1. The Morgan fingerprint density at radius 1 is 1.41 bits per heavy atom. The number of alkyl carbamates (subject to hydrolysis) is 1. The lowest BCUT2D eigenvalue weighted by Gasteiger charge is -2.22. The first kappa shape index (κ1) is 18.6. The SMILES string of the molecule is CC(C)(C)OC(=O)NC(Cc1cc(Cl)cc(Br)c1O)C(=O)O. The van der Waals surface area contributed by atoms with Crippen molar-refractivity contribution < 1.29 is 24.5 Å². The molecule has 1 amide bonds. The van der Waals surface area contributed by atoms with Crippen molar-refractivity contribution in [2.75, 3.05) is 0 Å². The second-order valence-electron chi connectivity index (χ2n) is 5.64. The van der Waals surface area contributed by atoms with E-state index in [-0.39, 0.29) is 12.2 Å². The number of amides is 1. The van der Waals surface area contributed by atoms with Gasteiger partial charge >= 0.3 is 12.1 Å². The van der Waals surface area contributed by atoms with Gasteiger partial charge in [0.2, 0.25) is 0 Å². The summed E-state index contributed by atoms with van der Waals surface area (Å²) in [6, 6.07) is 1.66. The molecule has 6 nitrogen and oxygen atoms in total. The molecule has 0 aliphatic rings. The maximum Gasteiger partial charge on any atom is 0.408 e. The van der Waals surface area contributed by atoms with Crippen LogP contribution in [0.25, 0.3) is 0 Å². The number of nitrogens with one attached hydrogen (secondary N) is 1. The average Bonchev–Trinajstić information content (AvgIpc) is 2.31. The molecular formula is C14H17BrClNO5. The van der Waals surface area contributed by atoms with Crippen LogP contribution >= 0.6 is 27.5 Å². The van der Waals surface area contributed by atoms with Gasteiger partial charge in [-0.15, -0.1) is 0 Å². The third kappa shape index (κ3) is 5.73. The smallest absolute Gasteiger partial charge is 0.408 e. The first-order chi connectivity index (χ1) is 9.99. The minimum Gasteiger partial charge on any atom is -0.506 e. The van der Waals surface area contributed by atoms with Crippen LogP contribution in [0.1, 0.15) is 26.3 Å². The molecule has 1 aromatic carbocycles. The number of carbonyl (C=O) groups is 2. The molecule has 0 saturated heterocycles. The lowest BCUT2D eigenvalue weighted by atomic mass is 10.1. The van der Waals surface area contributed by atoms with Gasteiger partial charge in [0.05, 0.1) is 4.47 Å². The Balaban J connectivity index is 2.90. The van der Waals surface area contributed by atoms with Crippen molar-refractivity contribution in [1.29, 1.82) is 0 Å². The van der Waals surface area contributed by atoms with Crippen LogP contribution in [0.15, 0.2) is 16.6 Å². The molecule has 1 atom stereocenters. The van der Waals surface area contributed by atoms with Crippen LogP contribution < -0.4 is 5.32 Å². The van der Waals surface area contributed by atoms with Crippen molar-refractivity contribution in [3.63, 3.8) is 0 Å². The molecule has 0 saturated carbocycles. The molecule has 0 fully saturated rings. The number of aliphatic carboxylic acids is 1. The molecule has 3 N–H and O–H groups in total. The van der Waals surface area contributed by atoms with Gasteiger partial charge in [-0.25, -0.2) is 9.59 Å². The van der Waals surface area contributed by atoms with Crippen molar-refractivity contribution in [3.05, 3.63) is 27.2 Å². The number of phenolic OH excluding ortho intramolecular Hbond substituents is 1. The van der Waals surface area contributed by atoms with Crippen LogP contribution in [0.3, 0.4) is 0 Å². The van der Waals surface area contributed by atoms with Gasteiger partial charge in [-0.3, -0.25) is 0 Å². The number of hydrogen-bond acceptors (Lipinski definition) is 4. The summed E-state index contributed by atoms with van der Waals surface area (Å²) >= 11 is 9.00. The monoisotopic (exact) mass is 393 g/mol. The highest BCUT2D eigenvalue weighted by Crippen LogP contribution is 2.32. The molecule has 122 valence electrons. The first-order valence-electron chi connectivity index (χ1n) is 6.39. The zero-order chi connectivity index (χ0) is 17.1.